The van der Waals surface area contributed by atoms with E-state index in [1.54, 1.807) is 0 Å². The van der Waals surface area contributed by atoms with Crippen LogP contribution in [0.3, 0.4) is 0 Å². The van der Waals surface area contributed by atoms with Crippen LogP contribution >= 0.6 is 0 Å². The van der Waals surface area contributed by atoms with Crippen molar-refractivity contribution in [1.82, 2.24) is 4.90 Å². The second kappa shape index (κ2) is 7.42. The van der Waals surface area contributed by atoms with E-state index in [9.17, 15) is 0 Å². The molecule has 1 aliphatic rings. The molecule has 0 radical (unpaired) electrons. The van der Waals surface area contributed by atoms with Gasteiger partial charge in [0.05, 0.1) is 0 Å². The van der Waals surface area contributed by atoms with Crippen molar-refractivity contribution in [3.63, 3.8) is 0 Å². The number of piperidine rings is 1. The van der Waals surface area contributed by atoms with Crippen molar-refractivity contribution < 1.29 is 0 Å². The molecule has 1 heteroatoms. The molecule has 0 N–H and O–H groups in total. The molecular weight excluding hydrogens is 266 g/mol. The van der Waals surface area contributed by atoms with Crippen LogP contribution in [0.25, 0.3) is 5.57 Å². The molecule has 2 aromatic carbocycles. The highest BCUT2D eigenvalue weighted by Crippen LogP contribution is 2.24. The minimum Gasteiger partial charge on any atom is -0.299 e. The Hall–Kier alpha value is -1.86. The number of hydrogen-bond donors (Lipinski definition) is 0. The Morgan fingerprint density at radius 1 is 1.00 bits per heavy atom. The quantitative estimate of drug-likeness (QED) is 0.778. The number of hydrogen-bond acceptors (Lipinski definition) is 1. The summed E-state index contributed by atoms with van der Waals surface area (Å²) in [6, 6.07) is 21.5. The van der Waals surface area contributed by atoms with Crippen LogP contribution < -0.4 is 0 Å². The Balaban J connectivity index is 1.84. The molecule has 3 rings (SSSR count). The van der Waals surface area contributed by atoms with Gasteiger partial charge in [-0.15, -0.1) is 0 Å². The van der Waals surface area contributed by atoms with Crippen molar-refractivity contribution in [2.45, 2.75) is 19.8 Å². The van der Waals surface area contributed by atoms with Crippen molar-refractivity contribution in [1.29, 1.82) is 0 Å². The van der Waals surface area contributed by atoms with Gasteiger partial charge in [0.25, 0.3) is 0 Å². The molecule has 0 aliphatic carbocycles. The molecule has 2 aromatic rings. The molecule has 1 heterocycles. The molecule has 1 saturated heterocycles. The van der Waals surface area contributed by atoms with Crippen molar-refractivity contribution in [3.8, 4) is 0 Å². The van der Waals surface area contributed by atoms with E-state index in [0.717, 1.165) is 12.5 Å². The molecule has 1 nitrogen and oxygen atoms in total. The fraction of sp³-hybridized carbons (Fsp3) is 0.333. The zero-order valence-electron chi connectivity index (χ0n) is 13.4. The third kappa shape index (κ3) is 3.86. The van der Waals surface area contributed by atoms with Crippen LogP contribution in [0.4, 0.5) is 0 Å². The lowest BCUT2D eigenvalue weighted by molar-refractivity contribution is 0.201. The first kappa shape index (κ1) is 15.1. The Morgan fingerprint density at radius 3 is 2.14 bits per heavy atom. The molecule has 0 aromatic heterocycles. The van der Waals surface area contributed by atoms with Gasteiger partial charge in [0, 0.05) is 13.1 Å². The lowest BCUT2D eigenvalue weighted by atomic mass is 9.96. The Bertz CT molecular complexity index is 559. The highest BCUT2D eigenvalue weighted by Gasteiger charge is 2.15. The van der Waals surface area contributed by atoms with Gasteiger partial charge >= 0.3 is 0 Å². The highest BCUT2D eigenvalue weighted by atomic mass is 15.1. The Kier molecular flexibility index (Phi) is 5.07. The van der Waals surface area contributed by atoms with Gasteiger partial charge in [-0.25, -0.2) is 0 Å². The Morgan fingerprint density at radius 2 is 1.59 bits per heavy atom. The lowest BCUT2D eigenvalue weighted by Gasteiger charge is -2.30. The second-order valence-electron chi connectivity index (χ2n) is 6.36. The third-order valence-corrected chi connectivity index (χ3v) is 4.46. The molecule has 0 spiro atoms. The van der Waals surface area contributed by atoms with Crippen LogP contribution in [0.2, 0.25) is 0 Å². The summed E-state index contributed by atoms with van der Waals surface area (Å²) in [5.74, 6) is 0.832. The number of benzene rings is 2. The summed E-state index contributed by atoms with van der Waals surface area (Å²) in [6.45, 7) is 5.87. The zero-order valence-corrected chi connectivity index (χ0v) is 13.4. The van der Waals surface area contributed by atoms with Crippen LogP contribution in [0.5, 0.6) is 0 Å². The number of rotatable bonds is 4. The fourth-order valence-corrected chi connectivity index (χ4v) is 3.31. The summed E-state index contributed by atoms with van der Waals surface area (Å²) in [5.41, 5.74) is 3.96. The van der Waals surface area contributed by atoms with Crippen molar-refractivity contribution >= 4 is 5.57 Å². The third-order valence-electron chi connectivity index (χ3n) is 4.46. The van der Waals surface area contributed by atoms with E-state index in [1.165, 1.54) is 42.6 Å². The van der Waals surface area contributed by atoms with Crippen LogP contribution in [-0.4, -0.2) is 24.5 Å². The molecular formula is C21H25N. The lowest BCUT2D eigenvalue weighted by Crippen LogP contribution is -2.34. The molecule has 0 bridgehead atoms. The van der Waals surface area contributed by atoms with E-state index in [-0.39, 0.29) is 0 Å². The second-order valence-corrected chi connectivity index (χ2v) is 6.36. The topological polar surface area (TPSA) is 3.24 Å². The largest absolute Gasteiger partial charge is 0.299 e. The first-order valence-corrected chi connectivity index (χ1v) is 8.36. The highest BCUT2D eigenvalue weighted by molar-refractivity contribution is 5.79. The van der Waals surface area contributed by atoms with Gasteiger partial charge in [0.1, 0.15) is 0 Å². The average molecular weight is 291 g/mol. The van der Waals surface area contributed by atoms with Crippen LogP contribution in [0, 0.1) is 5.92 Å². The molecule has 1 aliphatic heterocycles. The number of likely N-dealkylation sites (tertiary alicyclic amines) is 1. The van der Waals surface area contributed by atoms with E-state index in [1.807, 2.05) is 0 Å². The molecule has 1 atom stereocenters. The maximum atomic E-state index is 2.58. The molecule has 1 fully saturated rings. The van der Waals surface area contributed by atoms with E-state index in [4.69, 9.17) is 0 Å². The summed E-state index contributed by atoms with van der Waals surface area (Å²) in [6.07, 6.45) is 5.12. The van der Waals surface area contributed by atoms with Gasteiger partial charge < -0.3 is 0 Å². The maximum Gasteiger partial charge on any atom is 0.0172 e. The van der Waals surface area contributed by atoms with E-state index in [2.05, 4.69) is 78.6 Å². The van der Waals surface area contributed by atoms with Gasteiger partial charge in [-0.3, -0.25) is 4.90 Å². The predicted octanol–water partition coefficient (Wildman–Crippen LogP) is 4.85. The smallest absolute Gasteiger partial charge is 0.0172 e. The fourth-order valence-electron chi connectivity index (χ4n) is 3.31. The normalized spacial score (nSPS) is 18.9. The van der Waals surface area contributed by atoms with Crippen LogP contribution in [0.15, 0.2) is 66.7 Å². The number of nitrogens with zero attached hydrogens (tertiary/aromatic N) is 1. The van der Waals surface area contributed by atoms with Gasteiger partial charge in [0.15, 0.2) is 0 Å². The minimum atomic E-state index is 0.832. The summed E-state index contributed by atoms with van der Waals surface area (Å²) < 4.78 is 0. The first-order valence-electron chi connectivity index (χ1n) is 8.36. The Labute approximate surface area is 134 Å². The van der Waals surface area contributed by atoms with Crippen molar-refractivity contribution in [2.24, 2.45) is 5.92 Å². The van der Waals surface area contributed by atoms with E-state index >= 15 is 0 Å². The SMILES string of the molecule is CC1CCCN(CC=C(c2ccccc2)c2ccccc2)C1. The predicted molar refractivity (Wildman–Crippen MR) is 94.8 cm³/mol. The van der Waals surface area contributed by atoms with Gasteiger partial charge in [0.2, 0.25) is 0 Å². The van der Waals surface area contributed by atoms with E-state index in [0.29, 0.717) is 0 Å². The molecule has 0 saturated carbocycles. The average Bonchev–Trinajstić information content (AvgIpc) is 2.57. The van der Waals surface area contributed by atoms with Gasteiger partial charge in [-0.05, 0) is 42.0 Å². The maximum absolute atomic E-state index is 2.58. The monoisotopic (exact) mass is 291 g/mol. The molecule has 114 valence electrons. The minimum absolute atomic E-state index is 0.832. The molecule has 0 amide bonds. The zero-order chi connectivity index (χ0) is 15.2. The van der Waals surface area contributed by atoms with Crippen molar-refractivity contribution in [3.05, 3.63) is 77.9 Å². The van der Waals surface area contributed by atoms with Crippen LogP contribution in [0.1, 0.15) is 30.9 Å². The van der Waals surface area contributed by atoms with E-state index < -0.39 is 0 Å². The van der Waals surface area contributed by atoms with Crippen LogP contribution in [-0.2, 0) is 0 Å². The summed E-state index contributed by atoms with van der Waals surface area (Å²) in [5, 5.41) is 0. The standard InChI is InChI=1S/C21H25N/c1-18-9-8-15-22(17-18)16-14-21(19-10-4-2-5-11-19)20-12-6-3-7-13-20/h2-7,10-14,18H,8-9,15-17H2,1H3. The van der Waals surface area contributed by atoms with Crippen molar-refractivity contribution in [2.75, 3.05) is 19.6 Å². The van der Waals surface area contributed by atoms with Gasteiger partial charge in [-0.2, -0.15) is 0 Å². The van der Waals surface area contributed by atoms with Gasteiger partial charge in [-0.1, -0.05) is 73.7 Å². The summed E-state index contributed by atoms with van der Waals surface area (Å²) in [4.78, 5) is 2.58. The first-order chi connectivity index (χ1) is 10.8. The molecule has 22 heavy (non-hydrogen) atoms. The summed E-state index contributed by atoms with van der Waals surface area (Å²) >= 11 is 0. The summed E-state index contributed by atoms with van der Waals surface area (Å²) in [7, 11) is 0. The molecule has 1 unspecified atom stereocenters.